The van der Waals surface area contributed by atoms with Crippen molar-refractivity contribution in [2.45, 2.75) is 75.5 Å². The summed E-state index contributed by atoms with van der Waals surface area (Å²) in [4.78, 5) is 0. The molecule has 2 fully saturated rings. The van der Waals surface area contributed by atoms with Crippen molar-refractivity contribution in [3.63, 3.8) is 0 Å². The number of benzene rings is 1. The van der Waals surface area contributed by atoms with Crippen molar-refractivity contribution in [3.05, 3.63) is 35.9 Å². The fourth-order valence-electron chi connectivity index (χ4n) is 2.88. The van der Waals surface area contributed by atoms with E-state index in [9.17, 15) is 0 Å². The first kappa shape index (κ1) is 23.2. The fraction of sp³-hybridized carbons (Fsp3) is 0.632. The molecule has 2 saturated carbocycles. The van der Waals surface area contributed by atoms with Gasteiger partial charge in [0.05, 0.1) is 0 Å². The molecule has 0 amide bonds. The average molecular weight is 494 g/mol. The average Bonchev–Trinajstić information content (AvgIpc) is 2.58. The van der Waals surface area contributed by atoms with Crippen molar-refractivity contribution in [1.29, 1.82) is 0 Å². The predicted molar refractivity (Wildman–Crippen MR) is 116 cm³/mol. The summed E-state index contributed by atoms with van der Waals surface area (Å²) in [6.07, 6.45) is 14.6. The molecule has 140 valence electrons. The molecule has 5 heteroatoms. The molecule has 24 heavy (non-hydrogen) atoms. The molecule has 0 saturated heterocycles. The SMILES string of the molecule is PC1CCCCC1.PC1CCCCC1.[Cl][Ru]([Cl])=[CH]c1ccccc1. The van der Waals surface area contributed by atoms with Gasteiger partial charge >= 0.3 is 73.4 Å². The van der Waals surface area contributed by atoms with Crippen LogP contribution in [-0.2, 0) is 13.5 Å². The van der Waals surface area contributed by atoms with Gasteiger partial charge in [-0.25, -0.2) is 0 Å². The number of rotatable bonds is 1. The fourth-order valence-corrected chi connectivity index (χ4v) is 5.65. The van der Waals surface area contributed by atoms with Gasteiger partial charge in [0, 0.05) is 0 Å². The van der Waals surface area contributed by atoms with Crippen molar-refractivity contribution in [2.24, 2.45) is 0 Å². The molecule has 0 heterocycles. The number of hydrogen-bond acceptors (Lipinski definition) is 0. The van der Waals surface area contributed by atoms with Gasteiger partial charge in [0.25, 0.3) is 0 Å². The third-order valence-corrected chi connectivity index (χ3v) is 7.50. The van der Waals surface area contributed by atoms with E-state index >= 15 is 0 Å². The molecular formula is C19H32Cl2P2Ru. The van der Waals surface area contributed by atoms with Gasteiger partial charge in [-0.05, 0) is 37.0 Å². The standard InChI is InChI=1S/C7H6.2C6H13P.2ClH.Ru/c1-7-5-3-2-4-6-7;2*7-6-4-2-1-3-5-6;;;/h1-6H;2*6H,1-5,7H2;2*1H;/q;;;;;+2/p-2. The summed E-state index contributed by atoms with van der Waals surface area (Å²) in [5.74, 6) is 0. The third kappa shape index (κ3) is 13.4. The van der Waals surface area contributed by atoms with Crippen LogP contribution >= 0.6 is 37.9 Å². The Kier molecular flexibility index (Phi) is 14.7. The summed E-state index contributed by atoms with van der Waals surface area (Å²) in [5, 5.41) is 0. The summed E-state index contributed by atoms with van der Waals surface area (Å²) in [5.41, 5.74) is 3.02. The Morgan fingerprint density at radius 2 is 1.17 bits per heavy atom. The Balaban J connectivity index is 0.000000185. The Labute approximate surface area is 166 Å². The first-order valence-corrected chi connectivity index (χ1v) is 15.8. The number of halogens is 2. The summed E-state index contributed by atoms with van der Waals surface area (Å²) < 4.78 is 1.92. The zero-order valence-corrected chi connectivity index (χ0v) is 20.0. The maximum absolute atomic E-state index is 5.67. The number of hydrogen-bond donors (Lipinski definition) is 0. The minimum atomic E-state index is -1.61. The first-order valence-electron chi connectivity index (χ1n) is 8.97. The second-order valence-electron chi connectivity index (χ2n) is 6.51. The van der Waals surface area contributed by atoms with E-state index in [1.807, 2.05) is 34.9 Å². The Morgan fingerprint density at radius 3 is 1.46 bits per heavy atom. The second-order valence-corrected chi connectivity index (χ2v) is 14.1. The van der Waals surface area contributed by atoms with Gasteiger partial charge in [-0.15, -0.1) is 18.5 Å². The Bertz CT molecular complexity index is 422. The molecule has 2 unspecified atom stereocenters. The van der Waals surface area contributed by atoms with Crippen LogP contribution in [0.4, 0.5) is 0 Å². The quantitative estimate of drug-likeness (QED) is 0.287. The molecule has 1 aromatic carbocycles. The summed E-state index contributed by atoms with van der Waals surface area (Å²) in [6, 6.07) is 9.89. The summed E-state index contributed by atoms with van der Waals surface area (Å²) >= 11 is -1.61. The Hall–Kier alpha value is 1.15. The third-order valence-electron chi connectivity index (χ3n) is 4.29. The predicted octanol–water partition coefficient (Wildman–Crippen LogP) is 7.15. The molecule has 0 aromatic heterocycles. The van der Waals surface area contributed by atoms with Crippen LogP contribution in [0.25, 0.3) is 0 Å². The van der Waals surface area contributed by atoms with Gasteiger partial charge in [-0.3, -0.25) is 0 Å². The molecule has 0 spiro atoms. The molecule has 2 aliphatic rings. The van der Waals surface area contributed by atoms with Gasteiger partial charge < -0.3 is 0 Å². The second kappa shape index (κ2) is 15.2. The van der Waals surface area contributed by atoms with Crippen LogP contribution in [0.5, 0.6) is 0 Å². The molecule has 2 atom stereocenters. The van der Waals surface area contributed by atoms with Crippen LogP contribution in [0.2, 0.25) is 0 Å². The van der Waals surface area contributed by atoms with Crippen LogP contribution in [-0.4, -0.2) is 15.9 Å². The van der Waals surface area contributed by atoms with E-state index in [0.29, 0.717) is 0 Å². The molecule has 2 aliphatic carbocycles. The molecule has 3 rings (SSSR count). The molecule has 0 nitrogen and oxygen atoms in total. The van der Waals surface area contributed by atoms with Crippen molar-refractivity contribution < 1.29 is 13.5 Å². The van der Waals surface area contributed by atoms with E-state index in [-0.39, 0.29) is 0 Å². The molecule has 0 aliphatic heterocycles. The van der Waals surface area contributed by atoms with E-state index in [0.717, 1.165) is 16.9 Å². The minimum absolute atomic E-state index is 0.953. The summed E-state index contributed by atoms with van der Waals surface area (Å²) in [7, 11) is 17.1. The maximum atomic E-state index is 5.67. The molecule has 0 radical (unpaired) electrons. The van der Waals surface area contributed by atoms with Crippen molar-refractivity contribution in [1.82, 2.24) is 0 Å². The van der Waals surface area contributed by atoms with E-state index in [1.54, 1.807) is 0 Å². The van der Waals surface area contributed by atoms with Crippen LogP contribution < -0.4 is 0 Å². The van der Waals surface area contributed by atoms with Crippen LogP contribution in [0.15, 0.2) is 30.3 Å². The van der Waals surface area contributed by atoms with Gasteiger partial charge in [-0.1, -0.05) is 38.5 Å². The van der Waals surface area contributed by atoms with Crippen LogP contribution in [0.1, 0.15) is 69.8 Å². The van der Waals surface area contributed by atoms with E-state index in [4.69, 9.17) is 19.4 Å². The van der Waals surface area contributed by atoms with E-state index < -0.39 is 13.5 Å². The van der Waals surface area contributed by atoms with Crippen LogP contribution in [0, 0.1) is 0 Å². The topological polar surface area (TPSA) is 0 Å². The van der Waals surface area contributed by atoms with Crippen molar-refractivity contribution in [3.8, 4) is 0 Å². The normalized spacial score (nSPS) is 19.2. The van der Waals surface area contributed by atoms with Crippen molar-refractivity contribution >= 4 is 42.5 Å². The molecule has 1 aromatic rings. The molecule has 0 bridgehead atoms. The summed E-state index contributed by atoms with van der Waals surface area (Å²) in [6.45, 7) is 0. The van der Waals surface area contributed by atoms with Gasteiger partial charge in [-0.2, -0.15) is 0 Å². The first-order chi connectivity index (χ1) is 11.6. The van der Waals surface area contributed by atoms with E-state index in [1.165, 1.54) is 64.2 Å². The monoisotopic (exact) mass is 494 g/mol. The van der Waals surface area contributed by atoms with Gasteiger partial charge in [0.15, 0.2) is 0 Å². The molecular weight excluding hydrogens is 462 g/mol. The van der Waals surface area contributed by atoms with Crippen LogP contribution in [0.3, 0.4) is 0 Å². The van der Waals surface area contributed by atoms with E-state index in [2.05, 4.69) is 18.5 Å². The molecule has 0 N–H and O–H groups in total. The Morgan fingerprint density at radius 1 is 0.750 bits per heavy atom. The van der Waals surface area contributed by atoms with Crippen molar-refractivity contribution in [2.75, 3.05) is 0 Å². The van der Waals surface area contributed by atoms with Gasteiger partial charge in [0.2, 0.25) is 0 Å². The zero-order valence-electron chi connectivity index (χ0n) is 14.5. The van der Waals surface area contributed by atoms with Gasteiger partial charge in [0.1, 0.15) is 0 Å². The zero-order chi connectivity index (χ0) is 17.6.